The van der Waals surface area contributed by atoms with Crippen LogP contribution in [-0.4, -0.2) is 23.2 Å². The molecule has 19 heavy (non-hydrogen) atoms. The molecule has 0 amide bonds. The Balaban J connectivity index is 2.06. The van der Waals surface area contributed by atoms with Gasteiger partial charge in [0.25, 0.3) is 0 Å². The van der Waals surface area contributed by atoms with Gasteiger partial charge >= 0.3 is 0 Å². The summed E-state index contributed by atoms with van der Waals surface area (Å²) in [5, 5.41) is 8.87. The van der Waals surface area contributed by atoms with Crippen LogP contribution in [0.5, 0.6) is 5.75 Å². The molecule has 1 aromatic carbocycles. The van der Waals surface area contributed by atoms with E-state index in [1.807, 2.05) is 42.5 Å². The van der Waals surface area contributed by atoms with E-state index >= 15 is 0 Å². The predicted octanol–water partition coefficient (Wildman–Crippen LogP) is 1.70. The topological polar surface area (TPSA) is 68.4 Å². The minimum absolute atomic E-state index is 0.152. The summed E-state index contributed by atoms with van der Waals surface area (Å²) >= 11 is 0. The molecule has 0 aliphatic heterocycles. The normalized spacial score (nSPS) is 12.1. The van der Waals surface area contributed by atoms with Crippen LogP contribution < -0.4 is 10.5 Å². The Labute approximate surface area is 112 Å². The van der Waals surface area contributed by atoms with Gasteiger partial charge in [-0.15, -0.1) is 0 Å². The molecule has 100 valence electrons. The average molecular weight is 258 g/mol. The molecule has 1 heterocycles. The van der Waals surface area contributed by atoms with Gasteiger partial charge in [0.15, 0.2) is 6.10 Å². The lowest BCUT2D eigenvalue weighted by atomic mass is 10.1. The van der Waals surface area contributed by atoms with Crippen molar-refractivity contribution in [1.82, 2.24) is 4.98 Å². The van der Waals surface area contributed by atoms with Crippen LogP contribution in [-0.2, 0) is 6.42 Å². The fourth-order valence-corrected chi connectivity index (χ4v) is 1.82. The second-order valence-corrected chi connectivity index (χ2v) is 4.21. The molecular formula is C15H18N2O2. The SMILES string of the molecule is NCC(Oc1ccc(CCO)cc1)c1ccccn1. The first-order valence-corrected chi connectivity index (χ1v) is 6.31. The van der Waals surface area contributed by atoms with Crippen molar-refractivity contribution in [1.29, 1.82) is 0 Å². The van der Waals surface area contributed by atoms with E-state index in [1.165, 1.54) is 0 Å². The number of aliphatic hydroxyl groups is 1. The van der Waals surface area contributed by atoms with Gasteiger partial charge in [0.2, 0.25) is 0 Å². The summed E-state index contributed by atoms with van der Waals surface area (Å²) in [4.78, 5) is 4.26. The van der Waals surface area contributed by atoms with Gasteiger partial charge in [-0.3, -0.25) is 4.98 Å². The van der Waals surface area contributed by atoms with Gasteiger partial charge in [0, 0.05) is 19.3 Å². The predicted molar refractivity (Wildman–Crippen MR) is 73.9 cm³/mol. The maximum absolute atomic E-state index is 8.87. The largest absolute Gasteiger partial charge is 0.483 e. The lowest BCUT2D eigenvalue weighted by Crippen LogP contribution is -2.19. The van der Waals surface area contributed by atoms with E-state index in [0.29, 0.717) is 13.0 Å². The molecule has 0 aliphatic rings. The molecule has 0 saturated heterocycles. The van der Waals surface area contributed by atoms with E-state index in [0.717, 1.165) is 17.0 Å². The first kappa shape index (κ1) is 13.5. The zero-order chi connectivity index (χ0) is 13.5. The molecule has 0 spiro atoms. The number of pyridine rings is 1. The third kappa shape index (κ3) is 3.77. The number of ether oxygens (including phenoxy) is 1. The number of aliphatic hydroxyl groups excluding tert-OH is 1. The summed E-state index contributed by atoms with van der Waals surface area (Å²) in [6.45, 7) is 0.523. The van der Waals surface area contributed by atoms with Crippen molar-refractivity contribution in [3.8, 4) is 5.75 Å². The molecule has 1 unspecified atom stereocenters. The van der Waals surface area contributed by atoms with E-state index in [9.17, 15) is 0 Å². The summed E-state index contributed by atoms with van der Waals surface area (Å²) in [6.07, 6.45) is 2.14. The molecular weight excluding hydrogens is 240 g/mol. The van der Waals surface area contributed by atoms with Crippen molar-refractivity contribution >= 4 is 0 Å². The average Bonchev–Trinajstić information content (AvgIpc) is 2.48. The highest BCUT2D eigenvalue weighted by Crippen LogP contribution is 2.20. The number of benzene rings is 1. The van der Waals surface area contributed by atoms with Gasteiger partial charge in [-0.05, 0) is 36.2 Å². The maximum atomic E-state index is 8.87. The Hall–Kier alpha value is -1.91. The van der Waals surface area contributed by atoms with Gasteiger partial charge in [-0.25, -0.2) is 0 Å². The Morgan fingerprint density at radius 3 is 2.53 bits per heavy atom. The Morgan fingerprint density at radius 1 is 1.16 bits per heavy atom. The highest BCUT2D eigenvalue weighted by molar-refractivity contribution is 5.28. The summed E-state index contributed by atoms with van der Waals surface area (Å²) in [6, 6.07) is 13.3. The summed E-state index contributed by atoms with van der Waals surface area (Å²) in [5.74, 6) is 0.753. The monoisotopic (exact) mass is 258 g/mol. The van der Waals surface area contributed by atoms with Crippen LogP contribution in [0, 0.1) is 0 Å². The number of nitrogens with two attached hydrogens (primary N) is 1. The fraction of sp³-hybridized carbons (Fsp3) is 0.267. The summed E-state index contributed by atoms with van der Waals surface area (Å²) in [7, 11) is 0. The molecule has 2 rings (SSSR count). The van der Waals surface area contributed by atoms with Crippen molar-refractivity contribution < 1.29 is 9.84 Å². The second-order valence-electron chi connectivity index (χ2n) is 4.21. The summed E-state index contributed by atoms with van der Waals surface area (Å²) in [5.41, 5.74) is 7.64. The number of rotatable bonds is 6. The molecule has 1 aromatic heterocycles. The molecule has 0 radical (unpaired) electrons. The minimum atomic E-state index is -0.245. The van der Waals surface area contributed by atoms with Crippen LogP contribution in [0.2, 0.25) is 0 Å². The molecule has 0 fully saturated rings. The van der Waals surface area contributed by atoms with Gasteiger partial charge in [0.05, 0.1) is 5.69 Å². The summed E-state index contributed by atoms with van der Waals surface area (Å²) < 4.78 is 5.83. The molecule has 0 saturated carbocycles. The van der Waals surface area contributed by atoms with Gasteiger partial charge < -0.3 is 15.6 Å². The van der Waals surface area contributed by atoms with Gasteiger partial charge in [-0.1, -0.05) is 18.2 Å². The Morgan fingerprint density at radius 2 is 1.95 bits per heavy atom. The van der Waals surface area contributed by atoms with Crippen LogP contribution in [0.3, 0.4) is 0 Å². The third-order valence-corrected chi connectivity index (χ3v) is 2.83. The molecule has 4 nitrogen and oxygen atoms in total. The zero-order valence-corrected chi connectivity index (χ0v) is 10.7. The first-order valence-electron chi connectivity index (χ1n) is 6.31. The molecule has 0 aliphatic carbocycles. The van der Waals surface area contributed by atoms with E-state index in [1.54, 1.807) is 6.20 Å². The maximum Gasteiger partial charge on any atom is 0.153 e. The highest BCUT2D eigenvalue weighted by atomic mass is 16.5. The van der Waals surface area contributed by atoms with E-state index in [4.69, 9.17) is 15.6 Å². The van der Waals surface area contributed by atoms with Crippen molar-refractivity contribution in [3.63, 3.8) is 0 Å². The fourth-order valence-electron chi connectivity index (χ4n) is 1.82. The standard InChI is InChI=1S/C15H18N2O2/c16-11-15(14-3-1-2-9-17-14)19-13-6-4-12(5-7-13)8-10-18/h1-7,9,15,18H,8,10-11,16H2. The van der Waals surface area contributed by atoms with Crippen LogP contribution in [0.25, 0.3) is 0 Å². The molecule has 1 atom stereocenters. The lowest BCUT2D eigenvalue weighted by Gasteiger charge is -2.17. The third-order valence-electron chi connectivity index (χ3n) is 2.83. The van der Waals surface area contributed by atoms with Gasteiger partial charge in [0.1, 0.15) is 5.75 Å². The number of hydrogen-bond acceptors (Lipinski definition) is 4. The van der Waals surface area contributed by atoms with E-state index in [-0.39, 0.29) is 12.7 Å². The Bertz CT molecular complexity index is 485. The van der Waals surface area contributed by atoms with Crippen LogP contribution >= 0.6 is 0 Å². The minimum Gasteiger partial charge on any atom is -0.483 e. The van der Waals surface area contributed by atoms with Crippen LogP contribution in [0.1, 0.15) is 17.4 Å². The van der Waals surface area contributed by atoms with Crippen molar-refractivity contribution in [3.05, 3.63) is 59.9 Å². The number of nitrogens with zero attached hydrogens (tertiary/aromatic N) is 1. The Kier molecular flexibility index (Phi) is 4.89. The van der Waals surface area contributed by atoms with Crippen LogP contribution in [0.4, 0.5) is 0 Å². The van der Waals surface area contributed by atoms with E-state index in [2.05, 4.69) is 4.98 Å². The lowest BCUT2D eigenvalue weighted by molar-refractivity contribution is 0.209. The van der Waals surface area contributed by atoms with Crippen LogP contribution in [0.15, 0.2) is 48.7 Å². The number of hydrogen-bond donors (Lipinski definition) is 2. The van der Waals surface area contributed by atoms with Crippen molar-refractivity contribution in [2.75, 3.05) is 13.2 Å². The first-order chi connectivity index (χ1) is 9.33. The second kappa shape index (κ2) is 6.87. The van der Waals surface area contributed by atoms with Gasteiger partial charge in [-0.2, -0.15) is 0 Å². The van der Waals surface area contributed by atoms with Crippen molar-refractivity contribution in [2.24, 2.45) is 5.73 Å². The molecule has 3 N–H and O–H groups in total. The number of aromatic nitrogens is 1. The zero-order valence-electron chi connectivity index (χ0n) is 10.7. The molecule has 0 bridgehead atoms. The van der Waals surface area contributed by atoms with E-state index < -0.39 is 0 Å². The molecule has 2 aromatic rings. The molecule has 4 heteroatoms. The smallest absolute Gasteiger partial charge is 0.153 e. The quantitative estimate of drug-likeness (QED) is 0.827. The van der Waals surface area contributed by atoms with Crippen molar-refractivity contribution in [2.45, 2.75) is 12.5 Å². The highest BCUT2D eigenvalue weighted by Gasteiger charge is 2.12.